The molecule has 5 heteroatoms. The molecule has 5 N–H and O–H groups in total. The van der Waals surface area contributed by atoms with Crippen LogP contribution in [0.4, 0.5) is 11.4 Å². The summed E-state index contributed by atoms with van der Waals surface area (Å²) < 4.78 is 0. The molecule has 0 amide bonds. The first-order chi connectivity index (χ1) is 9.58. The molecule has 0 aromatic heterocycles. The van der Waals surface area contributed by atoms with E-state index < -0.39 is 5.97 Å². The van der Waals surface area contributed by atoms with E-state index in [-0.39, 0.29) is 17.0 Å². The average molecular weight is 272 g/mol. The maximum atomic E-state index is 11.0. The molecule has 2 aromatic carbocycles. The lowest BCUT2D eigenvalue weighted by molar-refractivity contribution is 0.0698. The van der Waals surface area contributed by atoms with Crippen LogP contribution in [0, 0.1) is 0 Å². The average Bonchev–Trinajstić information content (AvgIpc) is 2.42. The second-order valence-electron chi connectivity index (χ2n) is 4.42. The molecule has 0 bridgehead atoms. The van der Waals surface area contributed by atoms with Gasteiger partial charge in [-0.3, -0.25) is 0 Å². The molecule has 0 aliphatic rings. The lowest BCUT2D eigenvalue weighted by Gasteiger charge is -2.11. The fourth-order valence-electron chi connectivity index (χ4n) is 1.91. The Morgan fingerprint density at radius 3 is 2.50 bits per heavy atom. The van der Waals surface area contributed by atoms with E-state index in [0.29, 0.717) is 12.2 Å². The van der Waals surface area contributed by atoms with Gasteiger partial charge < -0.3 is 21.3 Å². The Balaban J connectivity index is 1.99. The highest BCUT2D eigenvalue weighted by Gasteiger charge is 2.10. The highest BCUT2D eigenvalue weighted by Crippen LogP contribution is 2.22. The van der Waals surface area contributed by atoms with E-state index >= 15 is 0 Å². The number of hydrogen-bond acceptors (Lipinski definition) is 4. The number of hydrogen-bond donors (Lipinski definition) is 4. The van der Waals surface area contributed by atoms with Gasteiger partial charge in [0.2, 0.25) is 0 Å². The first kappa shape index (κ1) is 13.7. The number of benzene rings is 2. The minimum atomic E-state index is -1.04. The van der Waals surface area contributed by atoms with Gasteiger partial charge in [0.25, 0.3) is 0 Å². The molecule has 0 saturated carbocycles. The smallest absolute Gasteiger partial charge is 0.337 e. The SMILES string of the molecule is Nc1c(NCCc2ccc(O)cc2)cccc1C(=O)O. The van der Waals surface area contributed by atoms with Crippen molar-refractivity contribution >= 4 is 17.3 Å². The van der Waals surface area contributed by atoms with E-state index in [1.165, 1.54) is 6.07 Å². The van der Waals surface area contributed by atoms with Crippen molar-refractivity contribution in [1.29, 1.82) is 0 Å². The number of nitrogens with one attached hydrogen (secondary N) is 1. The third-order valence-electron chi connectivity index (χ3n) is 3.00. The van der Waals surface area contributed by atoms with E-state index in [0.717, 1.165) is 12.0 Å². The molecule has 2 aromatic rings. The van der Waals surface area contributed by atoms with E-state index in [2.05, 4.69) is 5.32 Å². The van der Waals surface area contributed by atoms with Gasteiger partial charge in [0.05, 0.1) is 16.9 Å². The van der Waals surface area contributed by atoms with Gasteiger partial charge in [-0.2, -0.15) is 0 Å². The van der Waals surface area contributed by atoms with Gasteiger partial charge in [-0.05, 0) is 36.2 Å². The van der Waals surface area contributed by atoms with Gasteiger partial charge in [-0.25, -0.2) is 4.79 Å². The van der Waals surface area contributed by atoms with Crippen molar-refractivity contribution in [3.63, 3.8) is 0 Å². The number of aromatic hydroxyl groups is 1. The quantitative estimate of drug-likeness (QED) is 0.626. The molecule has 0 saturated heterocycles. The number of rotatable bonds is 5. The molecule has 0 aliphatic heterocycles. The minimum Gasteiger partial charge on any atom is -0.508 e. The highest BCUT2D eigenvalue weighted by atomic mass is 16.4. The van der Waals surface area contributed by atoms with Gasteiger partial charge in [-0.15, -0.1) is 0 Å². The second-order valence-corrected chi connectivity index (χ2v) is 4.42. The zero-order valence-corrected chi connectivity index (χ0v) is 10.8. The molecule has 2 rings (SSSR count). The fraction of sp³-hybridized carbons (Fsp3) is 0.133. The Kier molecular flexibility index (Phi) is 4.10. The lowest BCUT2D eigenvalue weighted by atomic mass is 10.1. The molecular formula is C15H16N2O3. The Morgan fingerprint density at radius 1 is 1.15 bits per heavy atom. The summed E-state index contributed by atoms with van der Waals surface area (Å²) in [5.74, 6) is -0.801. The van der Waals surface area contributed by atoms with Crippen LogP contribution in [0.1, 0.15) is 15.9 Å². The normalized spacial score (nSPS) is 10.2. The van der Waals surface area contributed by atoms with Crippen LogP contribution in [0.5, 0.6) is 5.75 Å². The number of phenols is 1. The zero-order chi connectivity index (χ0) is 14.5. The number of anilines is 2. The summed E-state index contributed by atoms with van der Waals surface area (Å²) in [6.07, 6.45) is 0.747. The monoisotopic (exact) mass is 272 g/mol. The van der Waals surface area contributed by atoms with Crippen molar-refractivity contribution in [1.82, 2.24) is 0 Å². The maximum Gasteiger partial charge on any atom is 0.337 e. The Hall–Kier alpha value is -2.69. The third kappa shape index (κ3) is 3.20. The Labute approximate surface area is 116 Å². The molecule has 0 atom stereocenters. The van der Waals surface area contributed by atoms with Crippen LogP contribution in [0.2, 0.25) is 0 Å². The molecular weight excluding hydrogens is 256 g/mol. The summed E-state index contributed by atoms with van der Waals surface area (Å²) in [7, 11) is 0. The second kappa shape index (κ2) is 5.97. The molecule has 0 heterocycles. The standard InChI is InChI=1S/C15H16N2O3/c16-14-12(15(19)20)2-1-3-13(14)17-9-8-10-4-6-11(18)7-5-10/h1-7,17-18H,8-9,16H2,(H,19,20). The molecule has 20 heavy (non-hydrogen) atoms. The molecule has 0 aliphatic carbocycles. The van der Waals surface area contributed by atoms with Gasteiger partial charge in [0.1, 0.15) is 5.75 Å². The molecule has 0 fully saturated rings. The number of carboxylic acids is 1. The molecule has 0 spiro atoms. The van der Waals surface area contributed by atoms with Gasteiger partial charge >= 0.3 is 5.97 Å². The van der Waals surface area contributed by atoms with Gasteiger partial charge in [0, 0.05) is 6.54 Å². The van der Waals surface area contributed by atoms with E-state index in [4.69, 9.17) is 10.8 Å². The number of carboxylic acid groups (broad SMARTS) is 1. The number of aromatic carboxylic acids is 1. The summed E-state index contributed by atoms with van der Waals surface area (Å²) in [5.41, 5.74) is 7.83. The van der Waals surface area contributed by atoms with Crippen LogP contribution in [0.25, 0.3) is 0 Å². The fourth-order valence-corrected chi connectivity index (χ4v) is 1.91. The lowest BCUT2D eigenvalue weighted by Crippen LogP contribution is -2.10. The van der Waals surface area contributed by atoms with Crippen LogP contribution in [0.15, 0.2) is 42.5 Å². The van der Waals surface area contributed by atoms with Crippen molar-refractivity contribution in [2.24, 2.45) is 0 Å². The molecule has 5 nitrogen and oxygen atoms in total. The van der Waals surface area contributed by atoms with Crippen LogP contribution in [0.3, 0.4) is 0 Å². The van der Waals surface area contributed by atoms with Crippen LogP contribution in [-0.4, -0.2) is 22.7 Å². The summed E-state index contributed by atoms with van der Waals surface area (Å²) in [6, 6.07) is 11.8. The summed E-state index contributed by atoms with van der Waals surface area (Å²) in [5, 5.41) is 21.3. The minimum absolute atomic E-state index is 0.0969. The van der Waals surface area contributed by atoms with E-state index in [1.54, 1.807) is 24.3 Å². The highest BCUT2D eigenvalue weighted by molar-refractivity contribution is 5.97. The van der Waals surface area contributed by atoms with Crippen LogP contribution < -0.4 is 11.1 Å². The summed E-state index contributed by atoms with van der Waals surface area (Å²) >= 11 is 0. The maximum absolute atomic E-state index is 11.0. The largest absolute Gasteiger partial charge is 0.508 e. The predicted octanol–water partition coefficient (Wildman–Crippen LogP) is 2.33. The Morgan fingerprint density at radius 2 is 1.85 bits per heavy atom. The van der Waals surface area contributed by atoms with Crippen molar-refractivity contribution in [3.05, 3.63) is 53.6 Å². The van der Waals surface area contributed by atoms with Gasteiger partial charge in [0.15, 0.2) is 0 Å². The zero-order valence-electron chi connectivity index (χ0n) is 10.8. The summed E-state index contributed by atoms with van der Waals surface area (Å²) in [4.78, 5) is 11.0. The summed E-state index contributed by atoms with van der Waals surface area (Å²) in [6.45, 7) is 0.623. The number of carbonyl (C=O) groups is 1. The molecule has 104 valence electrons. The van der Waals surface area contributed by atoms with E-state index in [1.807, 2.05) is 12.1 Å². The van der Waals surface area contributed by atoms with Crippen molar-refractivity contribution < 1.29 is 15.0 Å². The topological polar surface area (TPSA) is 95.6 Å². The number of para-hydroxylation sites is 1. The molecule has 0 unspecified atom stereocenters. The number of nitrogen functional groups attached to an aromatic ring is 1. The predicted molar refractivity (Wildman–Crippen MR) is 78.1 cm³/mol. The van der Waals surface area contributed by atoms with Crippen LogP contribution >= 0.6 is 0 Å². The molecule has 0 radical (unpaired) electrons. The van der Waals surface area contributed by atoms with E-state index in [9.17, 15) is 9.90 Å². The number of nitrogens with two attached hydrogens (primary N) is 1. The number of phenolic OH excluding ortho intramolecular Hbond substituents is 1. The van der Waals surface area contributed by atoms with Crippen molar-refractivity contribution in [2.45, 2.75) is 6.42 Å². The van der Waals surface area contributed by atoms with Gasteiger partial charge in [-0.1, -0.05) is 18.2 Å². The first-order valence-electron chi connectivity index (χ1n) is 6.21. The van der Waals surface area contributed by atoms with Crippen LogP contribution in [-0.2, 0) is 6.42 Å². The third-order valence-corrected chi connectivity index (χ3v) is 3.00. The van der Waals surface area contributed by atoms with Crippen molar-refractivity contribution in [2.75, 3.05) is 17.6 Å². The van der Waals surface area contributed by atoms with Crippen molar-refractivity contribution in [3.8, 4) is 5.75 Å². The Bertz CT molecular complexity index is 609. The first-order valence-corrected chi connectivity index (χ1v) is 6.21.